The molecule has 0 spiro atoms. The van der Waals surface area contributed by atoms with Gasteiger partial charge in [-0.25, -0.2) is 8.78 Å². The van der Waals surface area contributed by atoms with E-state index >= 15 is 0 Å². The fourth-order valence-electron chi connectivity index (χ4n) is 3.07. The Balaban J connectivity index is 1.75. The van der Waals surface area contributed by atoms with E-state index in [2.05, 4.69) is 26.3 Å². The predicted octanol–water partition coefficient (Wildman–Crippen LogP) is 5.04. The van der Waals surface area contributed by atoms with E-state index in [0.717, 1.165) is 30.4 Å². The molecule has 0 saturated heterocycles. The van der Waals surface area contributed by atoms with Crippen LogP contribution >= 0.6 is 15.9 Å². The molecule has 0 radical (unpaired) electrons. The zero-order valence-corrected chi connectivity index (χ0v) is 16.4. The number of alkyl halides is 2. The molecule has 1 aromatic carbocycles. The van der Waals surface area contributed by atoms with Gasteiger partial charge < -0.3 is 5.32 Å². The molecular formula is C19H22BrF2N3O. The van der Waals surface area contributed by atoms with E-state index in [1.54, 1.807) is 0 Å². The number of carbonyl (C=O) groups excluding carboxylic acids is 1. The molecule has 1 atom stereocenters. The molecule has 3 rings (SSSR count). The first kappa shape index (κ1) is 19.0. The first-order chi connectivity index (χ1) is 12.4. The average Bonchev–Trinajstić information content (AvgIpc) is 3.37. The van der Waals surface area contributed by atoms with Crippen LogP contribution in [-0.2, 0) is 11.3 Å². The molecule has 1 N–H and O–H groups in total. The molecule has 140 valence electrons. The Morgan fingerprint density at radius 1 is 1.35 bits per heavy atom. The zero-order chi connectivity index (χ0) is 18.8. The molecule has 0 aliphatic heterocycles. The van der Waals surface area contributed by atoms with Gasteiger partial charge in [-0.2, -0.15) is 5.10 Å². The topological polar surface area (TPSA) is 46.9 Å². The van der Waals surface area contributed by atoms with Crippen molar-refractivity contribution in [3.63, 3.8) is 0 Å². The number of hydrogen-bond acceptors (Lipinski definition) is 2. The van der Waals surface area contributed by atoms with Gasteiger partial charge in [-0.05, 0) is 47.7 Å². The number of aryl methyl sites for hydroxylation is 1. The molecule has 1 amide bonds. The Labute approximate surface area is 160 Å². The van der Waals surface area contributed by atoms with Crippen molar-refractivity contribution in [1.82, 2.24) is 15.1 Å². The third-order valence-electron chi connectivity index (χ3n) is 4.64. The largest absolute Gasteiger partial charge is 0.348 e. The first-order valence-electron chi connectivity index (χ1n) is 8.80. The summed E-state index contributed by atoms with van der Waals surface area (Å²) in [6, 6.07) is 7.91. The summed E-state index contributed by atoms with van der Waals surface area (Å²) in [7, 11) is 0. The molecule has 1 saturated carbocycles. The van der Waals surface area contributed by atoms with Crippen molar-refractivity contribution >= 4 is 21.8 Å². The summed E-state index contributed by atoms with van der Waals surface area (Å²) in [5.74, 6) is -0.0219. The van der Waals surface area contributed by atoms with Crippen molar-refractivity contribution < 1.29 is 13.6 Å². The van der Waals surface area contributed by atoms with Gasteiger partial charge in [0, 0.05) is 5.92 Å². The van der Waals surface area contributed by atoms with Gasteiger partial charge in [0.2, 0.25) is 5.91 Å². The maximum atomic E-state index is 13.2. The molecule has 1 aliphatic carbocycles. The van der Waals surface area contributed by atoms with Gasteiger partial charge in [-0.3, -0.25) is 9.48 Å². The molecule has 1 fully saturated rings. The number of amides is 1. The minimum atomic E-state index is -2.66. The van der Waals surface area contributed by atoms with Gasteiger partial charge in [0.15, 0.2) is 0 Å². The Morgan fingerprint density at radius 3 is 2.54 bits per heavy atom. The summed E-state index contributed by atoms with van der Waals surface area (Å²) >= 11 is 3.25. The van der Waals surface area contributed by atoms with E-state index in [9.17, 15) is 13.6 Å². The first-order valence-corrected chi connectivity index (χ1v) is 9.60. The van der Waals surface area contributed by atoms with Crippen LogP contribution in [0.3, 0.4) is 0 Å². The lowest BCUT2D eigenvalue weighted by molar-refractivity contribution is -0.122. The van der Waals surface area contributed by atoms with Crippen LogP contribution < -0.4 is 5.32 Å². The quantitative estimate of drug-likeness (QED) is 0.675. The second-order valence-electron chi connectivity index (χ2n) is 6.76. The van der Waals surface area contributed by atoms with E-state index < -0.39 is 6.43 Å². The molecule has 1 heterocycles. The van der Waals surface area contributed by atoms with Crippen LogP contribution in [0.2, 0.25) is 0 Å². The predicted molar refractivity (Wildman–Crippen MR) is 99.2 cm³/mol. The van der Waals surface area contributed by atoms with E-state index in [-0.39, 0.29) is 30.1 Å². The minimum absolute atomic E-state index is 0.0560. The van der Waals surface area contributed by atoms with Crippen molar-refractivity contribution in [3.05, 3.63) is 51.3 Å². The highest BCUT2D eigenvalue weighted by molar-refractivity contribution is 9.10. The second kappa shape index (κ2) is 7.86. The van der Waals surface area contributed by atoms with E-state index in [1.165, 1.54) is 4.68 Å². The summed E-state index contributed by atoms with van der Waals surface area (Å²) in [5, 5.41) is 6.98. The minimum Gasteiger partial charge on any atom is -0.348 e. The van der Waals surface area contributed by atoms with Crippen LogP contribution in [0.15, 0.2) is 28.7 Å². The lowest BCUT2D eigenvalue weighted by Gasteiger charge is -2.18. The maximum absolute atomic E-state index is 13.2. The molecule has 2 aromatic rings. The monoisotopic (exact) mass is 425 g/mol. The molecule has 0 bridgehead atoms. The van der Waals surface area contributed by atoms with Crippen molar-refractivity contribution in [3.8, 4) is 0 Å². The molecular weight excluding hydrogens is 404 g/mol. The Hall–Kier alpha value is -1.76. The third kappa shape index (κ3) is 4.14. The van der Waals surface area contributed by atoms with Crippen LogP contribution in [0.1, 0.15) is 67.1 Å². The highest BCUT2D eigenvalue weighted by atomic mass is 79.9. The second-order valence-corrected chi connectivity index (χ2v) is 7.55. The summed E-state index contributed by atoms with van der Waals surface area (Å²) in [4.78, 5) is 12.5. The number of benzene rings is 1. The summed E-state index contributed by atoms with van der Waals surface area (Å²) in [5.41, 5.74) is 2.61. The molecule has 7 heteroatoms. The maximum Gasteiger partial charge on any atom is 0.283 e. The molecule has 26 heavy (non-hydrogen) atoms. The van der Waals surface area contributed by atoms with Crippen molar-refractivity contribution in [1.29, 1.82) is 0 Å². The normalized spacial score (nSPS) is 15.3. The molecule has 1 aliphatic rings. The fraction of sp³-hybridized carbons (Fsp3) is 0.474. The highest BCUT2D eigenvalue weighted by Crippen LogP contribution is 2.45. The van der Waals surface area contributed by atoms with Gasteiger partial charge in [-0.1, -0.05) is 36.8 Å². The third-order valence-corrected chi connectivity index (χ3v) is 5.46. The van der Waals surface area contributed by atoms with E-state index in [4.69, 9.17) is 0 Å². The molecule has 1 aromatic heterocycles. The number of nitrogens with one attached hydrogen (secondary N) is 1. The number of nitrogens with zero attached hydrogens (tertiary/aromatic N) is 2. The summed E-state index contributed by atoms with van der Waals surface area (Å²) < 4.78 is 28.1. The van der Waals surface area contributed by atoms with Gasteiger partial charge in [-0.15, -0.1) is 0 Å². The van der Waals surface area contributed by atoms with Crippen LogP contribution in [0.4, 0.5) is 8.78 Å². The zero-order valence-electron chi connectivity index (χ0n) is 14.8. The molecule has 1 unspecified atom stereocenters. The van der Waals surface area contributed by atoms with Crippen molar-refractivity contribution in [2.75, 3.05) is 0 Å². The van der Waals surface area contributed by atoms with Crippen LogP contribution in [0.25, 0.3) is 0 Å². The van der Waals surface area contributed by atoms with E-state index in [0.29, 0.717) is 10.2 Å². The fourth-order valence-corrected chi connectivity index (χ4v) is 3.86. The SMILES string of the molecule is CCC(NC(=O)Cn1nc(C(F)F)c(Br)c1C1CC1)c1ccc(C)cc1. The van der Waals surface area contributed by atoms with Crippen LogP contribution in [0.5, 0.6) is 0 Å². The van der Waals surface area contributed by atoms with Gasteiger partial charge in [0.25, 0.3) is 6.43 Å². The van der Waals surface area contributed by atoms with E-state index in [1.807, 2.05) is 38.1 Å². The Bertz CT molecular complexity index is 785. The molecule has 4 nitrogen and oxygen atoms in total. The highest BCUT2D eigenvalue weighted by Gasteiger charge is 2.34. The van der Waals surface area contributed by atoms with Crippen molar-refractivity contribution in [2.45, 2.75) is 58.0 Å². The number of hydrogen-bond donors (Lipinski definition) is 1. The van der Waals surface area contributed by atoms with Crippen LogP contribution in [-0.4, -0.2) is 15.7 Å². The average molecular weight is 426 g/mol. The van der Waals surface area contributed by atoms with Crippen molar-refractivity contribution in [2.24, 2.45) is 0 Å². The van der Waals surface area contributed by atoms with Gasteiger partial charge in [0.1, 0.15) is 12.2 Å². The van der Waals surface area contributed by atoms with Crippen LogP contribution in [0, 0.1) is 6.92 Å². The number of rotatable bonds is 7. The lowest BCUT2D eigenvalue weighted by Crippen LogP contribution is -2.32. The number of carbonyl (C=O) groups is 1. The van der Waals surface area contributed by atoms with Gasteiger partial charge in [0.05, 0.1) is 16.2 Å². The lowest BCUT2D eigenvalue weighted by atomic mass is 10.0. The smallest absolute Gasteiger partial charge is 0.283 e. The Kier molecular flexibility index (Phi) is 5.75. The standard InChI is InChI=1S/C19H22BrF2N3O/c1-3-14(12-6-4-11(2)5-7-12)23-15(26)10-25-18(13-8-9-13)16(20)17(24-25)19(21)22/h4-7,13-14,19H,3,8-10H2,1-2H3,(H,23,26). The number of aromatic nitrogens is 2. The summed E-state index contributed by atoms with van der Waals surface area (Å²) in [6.07, 6.45) is -0.0392. The summed E-state index contributed by atoms with van der Waals surface area (Å²) in [6.45, 7) is 3.96. The Morgan fingerprint density at radius 2 is 2.00 bits per heavy atom. The van der Waals surface area contributed by atoms with Gasteiger partial charge >= 0.3 is 0 Å². The number of halogens is 3.